The predicted molar refractivity (Wildman–Crippen MR) is 80.7 cm³/mol. The number of ketones is 1. The molecule has 0 atom stereocenters. The van der Waals surface area contributed by atoms with Crippen LogP contribution in [-0.2, 0) is 4.79 Å². The fourth-order valence-corrected chi connectivity index (χ4v) is 2.31. The number of hydrogen-bond acceptors (Lipinski definition) is 3. The van der Waals surface area contributed by atoms with Gasteiger partial charge in [0.1, 0.15) is 5.82 Å². The molecule has 6 heteroatoms. The standard InChI is InChI=1S/C17H10FNO4/c18-11-3-1-2-9(6-11)7-13-15(20)12-8-10(17(22)23)4-5-14(12)19-16(13)21/h1-8H,(H,19,21)(H,22,23)/b13-7-. The molecule has 1 heterocycles. The van der Waals surface area contributed by atoms with E-state index in [0.29, 0.717) is 5.56 Å². The number of carboxylic acid groups (broad SMARTS) is 1. The summed E-state index contributed by atoms with van der Waals surface area (Å²) in [7, 11) is 0. The van der Waals surface area contributed by atoms with E-state index in [1.165, 1.54) is 42.5 Å². The molecule has 0 saturated carbocycles. The molecule has 0 saturated heterocycles. The van der Waals surface area contributed by atoms with Gasteiger partial charge in [0, 0.05) is 5.56 Å². The van der Waals surface area contributed by atoms with Crippen molar-refractivity contribution in [3.8, 4) is 0 Å². The Morgan fingerprint density at radius 1 is 1.13 bits per heavy atom. The Bertz CT molecular complexity index is 886. The maximum absolute atomic E-state index is 13.2. The molecule has 0 spiro atoms. The van der Waals surface area contributed by atoms with E-state index in [-0.39, 0.29) is 22.4 Å². The van der Waals surface area contributed by atoms with Gasteiger partial charge in [0.25, 0.3) is 5.91 Å². The van der Waals surface area contributed by atoms with Crippen LogP contribution in [0.1, 0.15) is 26.3 Å². The summed E-state index contributed by atoms with van der Waals surface area (Å²) in [5.41, 5.74) is 0.471. The minimum Gasteiger partial charge on any atom is -0.478 e. The molecule has 0 unspecified atom stereocenters. The van der Waals surface area contributed by atoms with E-state index in [1.54, 1.807) is 6.07 Å². The van der Waals surface area contributed by atoms with Crippen molar-refractivity contribution in [2.75, 3.05) is 5.32 Å². The zero-order chi connectivity index (χ0) is 16.6. The van der Waals surface area contributed by atoms with Gasteiger partial charge in [0.2, 0.25) is 5.78 Å². The van der Waals surface area contributed by atoms with Crippen LogP contribution >= 0.6 is 0 Å². The van der Waals surface area contributed by atoms with E-state index in [1.807, 2.05) is 0 Å². The normalized spacial score (nSPS) is 15.3. The van der Waals surface area contributed by atoms with Gasteiger partial charge in [-0.3, -0.25) is 9.59 Å². The lowest BCUT2D eigenvalue weighted by Crippen LogP contribution is -2.27. The third-order valence-electron chi connectivity index (χ3n) is 3.41. The van der Waals surface area contributed by atoms with Gasteiger partial charge in [0.05, 0.1) is 16.8 Å². The van der Waals surface area contributed by atoms with E-state index in [9.17, 15) is 18.8 Å². The van der Waals surface area contributed by atoms with Crippen LogP contribution in [0.25, 0.3) is 6.08 Å². The molecule has 0 aliphatic carbocycles. The van der Waals surface area contributed by atoms with E-state index in [2.05, 4.69) is 5.32 Å². The Morgan fingerprint density at radius 3 is 2.61 bits per heavy atom. The molecule has 1 aliphatic rings. The van der Waals surface area contributed by atoms with Crippen molar-refractivity contribution in [1.82, 2.24) is 0 Å². The van der Waals surface area contributed by atoms with Gasteiger partial charge in [-0.2, -0.15) is 0 Å². The van der Waals surface area contributed by atoms with Gasteiger partial charge in [-0.05, 0) is 42.0 Å². The van der Waals surface area contributed by atoms with Crippen LogP contribution in [0.4, 0.5) is 10.1 Å². The molecule has 3 rings (SSSR count). The van der Waals surface area contributed by atoms with Crippen molar-refractivity contribution in [1.29, 1.82) is 0 Å². The third kappa shape index (κ3) is 2.74. The molecular formula is C17H10FNO4. The zero-order valence-electron chi connectivity index (χ0n) is 11.7. The van der Waals surface area contributed by atoms with Crippen molar-refractivity contribution in [3.05, 3.63) is 70.5 Å². The first kappa shape index (κ1) is 14.6. The Kier molecular flexibility index (Phi) is 3.50. The molecule has 2 aromatic carbocycles. The van der Waals surface area contributed by atoms with Crippen molar-refractivity contribution in [3.63, 3.8) is 0 Å². The zero-order valence-corrected chi connectivity index (χ0v) is 11.7. The topological polar surface area (TPSA) is 83.5 Å². The average molecular weight is 311 g/mol. The molecule has 1 amide bonds. The number of hydrogen-bond donors (Lipinski definition) is 2. The van der Waals surface area contributed by atoms with Gasteiger partial charge in [0.15, 0.2) is 0 Å². The van der Waals surface area contributed by atoms with E-state index >= 15 is 0 Å². The highest BCUT2D eigenvalue weighted by Gasteiger charge is 2.29. The second-order valence-electron chi connectivity index (χ2n) is 4.96. The summed E-state index contributed by atoms with van der Waals surface area (Å²) in [4.78, 5) is 35.6. The lowest BCUT2D eigenvalue weighted by Gasteiger charge is -2.18. The van der Waals surface area contributed by atoms with Crippen molar-refractivity contribution >= 4 is 29.4 Å². The second-order valence-corrected chi connectivity index (χ2v) is 4.96. The van der Waals surface area contributed by atoms with Crippen molar-refractivity contribution in [2.45, 2.75) is 0 Å². The summed E-state index contributed by atoms with van der Waals surface area (Å²) in [6, 6.07) is 9.33. The number of halogens is 1. The minimum atomic E-state index is -1.17. The van der Waals surface area contributed by atoms with E-state index in [4.69, 9.17) is 5.11 Å². The highest BCUT2D eigenvalue weighted by atomic mass is 19.1. The van der Waals surface area contributed by atoms with Crippen LogP contribution in [0, 0.1) is 5.82 Å². The Hall–Kier alpha value is -3.28. The lowest BCUT2D eigenvalue weighted by atomic mass is 9.94. The van der Waals surface area contributed by atoms with Gasteiger partial charge >= 0.3 is 5.97 Å². The van der Waals surface area contributed by atoms with Gasteiger partial charge in [-0.1, -0.05) is 12.1 Å². The smallest absolute Gasteiger partial charge is 0.335 e. The van der Waals surface area contributed by atoms with E-state index in [0.717, 1.165) is 0 Å². The number of benzene rings is 2. The predicted octanol–water partition coefficient (Wildman–Crippen LogP) is 2.74. The number of rotatable bonds is 2. The van der Waals surface area contributed by atoms with Gasteiger partial charge < -0.3 is 10.4 Å². The van der Waals surface area contributed by atoms with Crippen LogP contribution in [0.5, 0.6) is 0 Å². The number of fused-ring (bicyclic) bond motifs is 1. The highest BCUT2D eigenvalue weighted by Crippen LogP contribution is 2.27. The molecular weight excluding hydrogens is 301 g/mol. The lowest BCUT2D eigenvalue weighted by molar-refractivity contribution is -0.112. The number of carbonyl (C=O) groups excluding carboxylic acids is 2. The van der Waals surface area contributed by atoms with Crippen LogP contribution in [-0.4, -0.2) is 22.8 Å². The molecule has 5 nitrogen and oxygen atoms in total. The first-order valence-electron chi connectivity index (χ1n) is 6.66. The molecule has 2 aromatic rings. The van der Waals surface area contributed by atoms with Gasteiger partial charge in [-0.25, -0.2) is 9.18 Å². The first-order valence-corrected chi connectivity index (χ1v) is 6.66. The molecule has 0 bridgehead atoms. The molecule has 114 valence electrons. The highest BCUT2D eigenvalue weighted by molar-refractivity contribution is 6.36. The summed E-state index contributed by atoms with van der Waals surface area (Å²) in [6.45, 7) is 0. The largest absolute Gasteiger partial charge is 0.478 e. The fraction of sp³-hybridized carbons (Fsp3) is 0. The maximum Gasteiger partial charge on any atom is 0.335 e. The number of carboxylic acids is 1. The van der Waals surface area contributed by atoms with Crippen LogP contribution in [0.2, 0.25) is 0 Å². The number of carbonyl (C=O) groups is 3. The Balaban J connectivity index is 2.08. The quantitative estimate of drug-likeness (QED) is 0.660. The number of amides is 1. The number of Topliss-reactive ketones (excluding diaryl/α,β-unsaturated/α-hetero) is 1. The average Bonchev–Trinajstić information content (AvgIpc) is 2.51. The van der Waals surface area contributed by atoms with Crippen LogP contribution < -0.4 is 5.32 Å². The Labute approximate surface area is 130 Å². The van der Waals surface area contributed by atoms with Crippen molar-refractivity contribution < 1.29 is 23.9 Å². The maximum atomic E-state index is 13.2. The van der Waals surface area contributed by atoms with Crippen LogP contribution in [0.3, 0.4) is 0 Å². The van der Waals surface area contributed by atoms with E-state index < -0.39 is 23.5 Å². The molecule has 0 aromatic heterocycles. The minimum absolute atomic E-state index is 0.0571. The summed E-state index contributed by atoms with van der Waals surface area (Å²) >= 11 is 0. The summed E-state index contributed by atoms with van der Waals surface area (Å²) in [6.07, 6.45) is 1.27. The van der Waals surface area contributed by atoms with Crippen molar-refractivity contribution in [2.24, 2.45) is 0 Å². The number of nitrogens with one attached hydrogen (secondary N) is 1. The summed E-state index contributed by atoms with van der Waals surface area (Å²) in [5, 5.41) is 11.5. The molecule has 0 fully saturated rings. The molecule has 0 radical (unpaired) electrons. The summed E-state index contributed by atoms with van der Waals surface area (Å²) < 4.78 is 13.2. The molecule has 23 heavy (non-hydrogen) atoms. The number of anilines is 1. The third-order valence-corrected chi connectivity index (χ3v) is 3.41. The molecule has 1 aliphatic heterocycles. The first-order chi connectivity index (χ1) is 11.0. The second kappa shape index (κ2) is 5.49. The van der Waals surface area contributed by atoms with Gasteiger partial charge in [-0.15, -0.1) is 0 Å². The molecule has 2 N–H and O–H groups in total. The monoisotopic (exact) mass is 311 g/mol. The SMILES string of the molecule is O=C1Nc2ccc(C(=O)O)cc2C(=O)/C1=C/c1cccc(F)c1. The van der Waals surface area contributed by atoms with Crippen LogP contribution in [0.15, 0.2) is 48.0 Å². The fourth-order valence-electron chi connectivity index (χ4n) is 2.31. The summed E-state index contributed by atoms with van der Waals surface area (Å²) in [5.74, 6) is -2.88. The number of aromatic carboxylic acids is 1. The Morgan fingerprint density at radius 2 is 1.91 bits per heavy atom.